The summed E-state index contributed by atoms with van der Waals surface area (Å²) in [7, 11) is 1.83. The molecule has 3 aromatic rings. The van der Waals surface area contributed by atoms with Crippen molar-refractivity contribution in [2.45, 2.75) is 43.9 Å². The average molecular weight is 460 g/mol. The number of carbonyl (C=O) groups is 1. The van der Waals surface area contributed by atoms with Crippen LogP contribution in [0.4, 0.5) is 16.0 Å². The van der Waals surface area contributed by atoms with E-state index in [-0.39, 0.29) is 23.9 Å². The molecule has 1 aliphatic carbocycles. The summed E-state index contributed by atoms with van der Waals surface area (Å²) < 4.78 is 0. The fourth-order valence-electron chi connectivity index (χ4n) is 3.76. The molecule has 0 spiro atoms. The van der Waals surface area contributed by atoms with Gasteiger partial charge >= 0.3 is 0 Å². The zero-order valence-electron chi connectivity index (χ0n) is 16.8. The van der Waals surface area contributed by atoms with Gasteiger partial charge < -0.3 is 10.6 Å². The summed E-state index contributed by atoms with van der Waals surface area (Å²) in [5.41, 5.74) is 0.296. The van der Waals surface area contributed by atoms with Crippen LogP contribution in [-0.4, -0.2) is 38.3 Å². The van der Waals surface area contributed by atoms with Crippen molar-refractivity contribution in [3.05, 3.63) is 50.0 Å². The number of hydrogen-bond donors (Lipinski definition) is 2. The molecule has 0 saturated heterocycles. The van der Waals surface area contributed by atoms with E-state index in [9.17, 15) is 14.9 Å². The van der Waals surface area contributed by atoms with Crippen LogP contribution in [0.5, 0.6) is 0 Å². The Morgan fingerprint density at radius 3 is 2.39 bits per heavy atom. The van der Waals surface area contributed by atoms with E-state index in [0.29, 0.717) is 16.6 Å². The van der Waals surface area contributed by atoms with Crippen molar-refractivity contribution >= 4 is 44.5 Å². The molecular weight excluding hydrogens is 438 g/mol. The summed E-state index contributed by atoms with van der Waals surface area (Å²) in [4.78, 5) is 23.0. The lowest BCUT2D eigenvalue weighted by Crippen LogP contribution is -2.15. The molecule has 0 bridgehead atoms. The molecular formula is C19H21N7O3S2. The third kappa shape index (κ3) is 5.02. The molecule has 4 rings (SSSR count). The van der Waals surface area contributed by atoms with E-state index in [1.165, 1.54) is 17.4 Å². The lowest BCUT2D eigenvalue weighted by Gasteiger charge is -2.25. The minimum absolute atomic E-state index is 0.0676. The molecule has 0 aliphatic heterocycles. The van der Waals surface area contributed by atoms with Crippen LogP contribution in [0.2, 0.25) is 0 Å². The van der Waals surface area contributed by atoms with Gasteiger partial charge in [0.1, 0.15) is 10.0 Å². The summed E-state index contributed by atoms with van der Waals surface area (Å²) in [6.07, 6.45) is 4.00. The first-order valence-corrected chi connectivity index (χ1v) is 11.5. The molecule has 1 saturated carbocycles. The summed E-state index contributed by atoms with van der Waals surface area (Å²) in [6, 6.07) is 6.23. The molecule has 2 atom stereocenters. The lowest BCUT2D eigenvalue weighted by atomic mass is 9.82. The quantitative estimate of drug-likeness (QED) is 0.400. The summed E-state index contributed by atoms with van der Waals surface area (Å²) in [6.45, 7) is 0. The van der Waals surface area contributed by atoms with Gasteiger partial charge in [0, 0.05) is 30.5 Å². The van der Waals surface area contributed by atoms with Gasteiger partial charge in [-0.3, -0.25) is 14.9 Å². The maximum Gasteiger partial charge on any atom is 0.273 e. The van der Waals surface area contributed by atoms with Crippen LogP contribution >= 0.6 is 22.7 Å². The van der Waals surface area contributed by atoms with Crippen molar-refractivity contribution in [3.8, 4) is 0 Å². The Balaban J connectivity index is 1.39. The molecule has 2 heterocycles. The van der Waals surface area contributed by atoms with E-state index in [2.05, 4.69) is 31.0 Å². The standard InChI is InChI=1S/C19H21N7O3S2/c1-20-18-24-22-16(30-18)12-6-4-7-13(9-12)17-23-25-19(31-17)21-15(27)10-11-5-2-3-8-14(11)26(28)29/h2-3,5,8,12-13H,4,6-7,9-10H2,1H3,(H,20,24)(H,21,25,27)/t12-,13?/m0/s1. The fraction of sp³-hybridized carbons (Fsp3) is 0.421. The highest BCUT2D eigenvalue weighted by Crippen LogP contribution is 2.43. The number of nitro benzene ring substituents is 1. The lowest BCUT2D eigenvalue weighted by molar-refractivity contribution is -0.385. The molecule has 1 amide bonds. The van der Waals surface area contributed by atoms with Gasteiger partial charge in [-0.1, -0.05) is 47.3 Å². The van der Waals surface area contributed by atoms with E-state index in [1.807, 2.05) is 7.05 Å². The van der Waals surface area contributed by atoms with Gasteiger partial charge in [0.2, 0.25) is 16.2 Å². The molecule has 1 aliphatic rings. The minimum Gasteiger partial charge on any atom is -0.363 e. The molecule has 12 heteroatoms. The van der Waals surface area contributed by atoms with E-state index >= 15 is 0 Å². The number of nitrogens with one attached hydrogen (secondary N) is 2. The highest BCUT2D eigenvalue weighted by molar-refractivity contribution is 7.15. The third-order valence-corrected chi connectivity index (χ3v) is 7.36. The first-order chi connectivity index (χ1) is 15.0. The number of carbonyl (C=O) groups excluding carboxylic acids is 1. The Kier molecular flexibility index (Phi) is 6.47. The second-order valence-corrected chi connectivity index (χ2v) is 9.33. The van der Waals surface area contributed by atoms with Gasteiger partial charge in [-0.05, 0) is 19.3 Å². The Morgan fingerprint density at radius 1 is 1.10 bits per heavy atom. The van der Waals surface area contributed by atoms with Gasteiger partial charge in [0.15, 0.2) is 0 Å². The fourth-order valence-corrected chi connectivity index (χ4v) is 5.52. The molecule has 1 fully saturated rings. The topological polar surface area (TPSA) is 136 Å². The van der Waals surface area contributed by atoms with Crippen LogP contribution in [0.3, 0.4) is 0 Å². The van der Waals surface area contributed by atoms with E-state index in [0.717, 1.165) is 40.8 Å². The number of nitro groups is 1. The second-order valence-electron chi connectivity index (χ2n) is 7.31. The Hall–Kier alpha value is -2.99. The van der Waals surface area contributed by atoms with Crippen LogP contribution in [0.1, 0.15) is 53.1 Å². The predicted molar refractivity (Wildman–Crippen MR) is 119 cm³/mol. The predicted octanol–water partition coefficient (Wildman–Crippen LogP) is 3.96. The normalized spacial score (nSPS) is 18.5. The number of para-hydroxylation sites is 1. The zero-order chi connectivity index (χ0) is 21.8. The van der Waals surface area contributed by atoms with Crippen LogP contribution in [-0.2, 0) is 11.2 Å². The third-order valence-electron chi connectivity index (χ3n) is 5.25. The van der Waals surface area contributed by atoms with Crippen molar-refractivity contribution in [1.82, 2.24) is 20.4 Å². The minimum atomic E-state index is -0.483. The number of hydrogen-bond acceptors (Lipinski definition) is 10. The molecule has 0 radical (unpaired) electrons. The highest BCUT2D eigenvalue weighted by Gasteiger charge is 2.29. The monoisotopic (exact) mass is 459 g/mol. The van der Waals surface area contributed by atoms with E-state index in [4.69, 9.17) is 0 Å². The smallest absolute Gasteiger partial charge is 0.273 e. The Labute approximate surface area is 186 Å². The number of anilines is 2. The number of aromatic nitrogens is 4. The first kappa shape index (κ1) is 21.2. The maximum atomic E-state index is 12.4. The summed E-state index contributed by atoms with van der Waals surface area (Å²) in [5, 5.41) is 36.9. The number of benzene rings is 1. The number of rotatable bonds is 7. The molecule has 2 N–H and O–H groups in total. The maximum absolute atomic E-state index is 12.4. The number of nitrogens with zero attached hydrogens (tertiary/aromatic N) is 5. The van der Waals surface area contributed by atoms with Gasteiger partial charge in [-0.25, -0.2) is 0 Å². The molecule has 10 nitrogen and oxygen atoms in total. The zero-order valence-corrected chi connectivity index (χ0v) is 18.4. The number of amides is 1. The van der Waals surface area contributed by atoms with Gasteiger partial charge in [0.25, 0.3) is 5.69 Å². The van der Waals surface area contributed by atoms with Gasteiger partial charge in [-0.2, -0.15) is 0 Å². The summed E-state index contributed by atoms with van der Waals surface area (Å²) in [5.74, 6) is 0.255. The van der Waals surface area contributed by atoms with Gasteiger partial charge in [0.05, 0.1) is 11.3 Å². The molecule has 1 unspecified atom stereocenters. The van der Waals surface area contributed by atoms with Crippen molar-refractivity contribution in [2.24, 2.45) is 0 Å². The van der Waals surface area contributed by atoms with Crippen LogP contribution < -0.4 is 10.6 Å². The molecule has 1 aromatic carbocycles. The largest absolute Gasteiger partial charge is 0.363 e. The highest BCUT2D eigenvalue weighted by atomic mass is 32.1. The Bertz CT molecular complexity index is 1080. The van der Waals surface area contributed by atoms with Crippen LogP contribution in [0, 0.1) is 10.1 Å². The molecule has 162 valence electrons. The Morgan fingerprint density at radius 2 is 1.74 bits per heavy atom. The van der Waals surface area contributed by atoms with Crippen LogP contribution in [0.15, 0.2) is 24.3 Å². The van der Waals surface area contributed by atoms with Crippen molar-refractivity contribution in [2.75, 3.05) is 17.7 Å². The molecule has 2 aromatic heterocycles. The molecule has 31 heavy (non-hydrogen) atoms. The first-order valence-electron chi connectivity index (χ1n) is 9.90. The van der Waals surface area contributed by atoms with Gasteiger partial charge in [-0.15, -0.1) is 20.4 Å². The summed E-state index contributed by atoms with van der Waals surface area (Å²) >= 11 is 2.95. The van der Waals surface area contributed by atoms with E-state index in [1.54, 1.807) is 29.5 Å². The second kappa shape index (κ2) is 9.43. The van der Waals surface area contributed by atoms with Crippen LogP contribution in [0.25, 0.3) is 0 Å². The average Bonchev–Trinajstić information content (AvgIpc) is 3.44. The SMILES string of the molecule is CNc1nnc([C@H]2CCCC(c3nnc(NC(=O)Cc4ccccc4[N+](=O)[O-])s3)C2)s1. The van der Waals surface area contributed by atoms with E-state index < -0.39 is 4.92 Å². The van der Waals surface area contributed by atoms with Crippen molar-refractivity contribution in [3.63, 3.8) is 0 Å². The van der Waals surface area contributed by atoms with Crippen molar-refractivity contribution in [1.29, 1.82) is 0 Å². The van der Waals surface area contributed by atoms with Crippen molar-refractivity contribution < 1.29 is 9.72 Å².